The van der Waals surface area contributed by atoms with Gasteiger partial charge < -0.3 is 9.64 Å². The number of aryl methyl sites for hydroxylation is 1. The smallest absolute Gasteiger partial charge is 0.228 e. The van der Waals surface area contributed by atoms with Crippen LogP contribution in [0.3, 0.4) is 0 Å². The molecule has 2 aromatic rings. The second-order valence-electron chi connectivity index (χ2n) is 4.25. The average Bonchev–Trinajstić information content (AvgIpc) is 2.42. The molecule has 0 bridgehead atoms. The highest BCUT2D eigenvalue weighted by Crippen LogP contribution is 2.14. The van der Waals surface area contributed by atoms with Gasteiger partial charge in [-0.05, 0) is 25.5 Å². The summed E-state index contributed by atoms with van der Waals surface area (Å²) in [6, 6.07) is 5.74. The van der Waals surface area contributed by atoms with Crippen LogP contribution >= 0.6 is 0 Å². The van der Waals surface area contributed by atoms with E-state index in [4.69, 9.17) is 4.74 Å². The standard InChI is InChI=1S/C14H18N4O/c1-4-19-13-7-9-16-14(17-13)18(3)10-12-11(2)6-5-8-15-12/h5-9H,4,10H2,1-3H3. The fraction of sp³-hybridized carbons (Fsp3) is 0.357. The first-order valence-corrected chi connectivity index (χ1v) is 6.28. The fourth-order valence-corrected chi connectivity index (χ4v) is 1.72. The summed E-state index contributed by atoms with van der Waals surface area (Å²) in [7, 11) is 1.94. The lowest BCUT2D eigenvalue weighted by atomic mass is 10.2. The maximum atomic E-state index is 5.38. The normalized spacial score (nSPS) is 10.3. The first-order valence-electron chi connectivity index (χ1n) is 6.28. The molecule has 0 aliphatic carbocycles. The minimum absolute atomic E-state index is 0.595. The van der Waals surface area contributed by atoms with Gasteiger partial charge in [-0.3, -0.25) is 4.98 Å². The Morgan fingerprint density at radius 2 is 2.05 bits per heavy atom. The number of aromatic nitrogens is 3. The van der Waals surface area contributed by atoms with E-state index in [1.807, 2.05) is 37.9 Å². The minimum Gasteiger partial charge on any atom is -0.478 e. The molecule has 0 amide bonds. The van der Waals surface area contributed by atoms with Crippen LogP contribution in [0.15, 0.2) is 30.6 Å². The van der Waals surface area contributed by atoms with Gasteiger partial charge in [-0.25, -0.2) is 4.98 Å². The van der Waals surface area contributed by atoms with Crippen LogP contribution in [0.5, 0.6) is 5.88 Å². The topological polar surface area (TPSA) is 51.1 Å². The molecule has 0 saturated carbocycles. The van der Waals surface area contributed by atoms with Crippen LogP contribution in [0.2, 0.25) is 0 Å². The second-order valence-corrected chi connectivity index (χ2v) is 4.25. The second kappa shape index (κ2) is 6.13. The highest BCUT2D eigenvalue weighted by Gasteiger charge is 2.08. The van der Waals surface area contributed by atoms with Crippen molar-refractivity contribution in [1.29, 1.82) is 0 Å². The average molecular weight is 258 g/mol. The highest BCUT2D eigenvalue weighted by atomic mass is 16.5. The fourth-order valence-electron chi connectivity index (χ4n) is 1.72. The zero-order valence-electron chi connectivity index (χ0n) is 11.5. The Balaban J connectivity index is 2.13. The molecule has 2 rings (SSSR count). The first kappa shape index (κ1) is 13.3. The van der Waals surface area contributed by atoms with Gasteiger partial charge in [0.15, 0.2) is 0 Å². The van der Waals surface area contributed by atoms with E-state index in [9.17, 15) is 0 Å². The Hall–Kier alpha value is -2.17. The molecule has 5 nitrogen and oxygen atoms in total. The van der Waals surface area contributed by atoms with Crippen molar-refractivity contribution in [2.75, 3.05) is 18.6 Å². The van der Waals surface area contributed by atoms with Gasteiger partial charge in [0.2, 0.25) is 11.8 Å². The number of anilines is 1. The molecule has 0 aliphatic rings. The molecule has 0 spiro atoms. The Morgan fingerprint density at radius 3 is 2.79 bits per heavy atom. The van der Waals surface area contributed by atoms with E-state index in [0.29, 0.717) is 25.0 Å². The Kier molecular flexibility index (Phi) is 4.28. The van der Waals surface area contributed by atoms with Gasteiger partial charge >= 0.3 is 0 Å². The van der Waals surface area contributed by atoms with Crippen LogP contribution in [0, 0.1) is 6.92 Å². The maximum absolute atomic E-state index is 5.38. The molecule has 2 heterocycles. The van der Waals surface area contributed by atoms with E-state index in [2.05, 4.69) is 15.0 Å². The third-order valence-electron chi connectivity index (χ3n) is 2.76. The number of hydrogen-bond acceptors (Lipinski definition) is 5. The summed E-state index contributed by atoms with van der Waals surface area (Å²) in [5, 5.41) is 0. The summed E-state index contributed by atoms with van der Waals surface area (Å²) < 4.78 is 5.38. The van der Waals surface area contributed by atoms with Gasteiger partial charge in [0, 0.05) is 25.5 Å². The van der Waals surface area contributed by atoms with Gasteiger partial charge in [0.25, 0.3) is 0 Å². The Bertz CT molecular complexity index is 544. The highest BCUT2D eigenvalue weighted by molar-refractivity contribution is 5.33. The van der Waals surface area contributed by atoms with Crippen LogP contribution in [0.4, 0.5) is 5.95 Å². The third-order valence-corrected chi connectivity index (χ3v) is 2.76. The van der Waals surface area contributed by atoms with Crippen molar-refractivity contribution in [1.82, 2.24) is 15.0 Å². The minimum atomic E-state index is 0.595. The lowest BCUT2D eigenvalue weighted by molar-refractivity contribution is 0.326. The maximum Gasteiger partial charge on any atom is 0.228 e. The summed E-state index contributed by atoms with van der Waals surface area (Å²) in [4.78, 5) is 14.9. The Morgan fingerprint density at radius 1 is 1.21 bits per heavy atom. The molecule has 2 aromatic heterocycles. The monoisotopic (exact) mass is 258 g/mol. The van der Waals surface area contributed by atoms with E-state index in [-0.39, 0.29) is 0 Å². The SMILES string of the molecule is CCOc1ccnc(N(C)Cc2ncccc2C)n1. The number of ether oxygens (including phenoxy) is 1. The lowest BCUT2D eigenvalue weighted by Gasteiger charge is -2.17. The molecule has 0 radical (unpaired) electrons. The van der Waals surface area contributed by atoms with Crippen molar-refractivity contribution in [2.24, 2.45) is 0 Å². The van der Waals surface area contributed by atoms with Crippen LogP contribution < -0.4 is 9.64 Å². The molecule has 19 heavy (non-hydrogen) atoms. The Labute approximate surface area is 113 Å². The molecule has 0 saturated heterocycles. The largest absolute Gasteiger partial charge is 0.478 e. The van der Waals surface area contributed by atoms with E-state index in [1.165, 1.54) is 0 Å². The van der Waals surface area contributed by atoms with Crippen molar-refractivity contribution in [3.63, 3.8) is 0 Å². The zero-order valence-corrected chi connectivity index (χ0v) is 11.5. The van der Waals surface area contributed by atoms with Crippen LogP contribution in [-0.2, 0) is 6.54 Å². The molecule has 0 aliphatic heterocycles. The molecule has 0 atom stereocenters. The summed E-state index contributed by atoms with van der Waals surface area (Å²) in [6.07, 6.45) is 3.50. The van der Waals surface area contributed by atoms with Gasteiger partial charge in [0.05, 0.1) is 18.8 Å². The van der Waals surface area contributed by atoms with E-state index < -0.39 is 0 Å². The van der Waals surface area contributed by atoms with Gasteiger partial charge in [-0.2, -0.15) is 4.98 Å². The van der Waals surface area contributed by atoms with E-state index >= 15 is 0 Å². The molecular formula is C14H18N4O. The predicted octanol–water partition coefficient (Wildman–Crippen LogP) is 2.22. The number of hydrogen-bond donors (Lipinski definition) is 0. The summed E-state index contributed by atoms with van der Waals surface area (Å²) in [5.41, 5.74) is 2.19. The van der Waals surface area contributed by atoms with Crippen LogP contribution in [-0.4, -0.2) is 28.6 Å². The number of pyridine rings is 1. The summed E-state index contributed by atoms with van der Waals surface area (Å²) in [5.74, 6) is 1.23. The first-order chi connectivity index (χ1) is 9.20. The van der Waals surface area contributed by atoms with Crippen molar-refractivity contribution in [3.8, 4) is 5.88 Å². The third kappa shape index (κ3) is 3.40. The lowest BCUT2D eigenvalue weighted by Crippen LogP contribution is -2.20. The molecule has 100 valence electrons. The van der Waals surface area contributed by atoms with Crippen molar-refractivity contribution < 1.29 is 4.74 Å². The summed E-state index contributed by atoms with van der Waals surface area (Å²) >= 11 is 0. The summed E-state index contributed by atoms with van der Waals surface area (Å²) in [6.45, 7) is 5.25. The quantitative estimate of drug-likeness (QED) is 0.823. The molecular weight excluding hydrogens is 240 g/mol. The van der Waals surface area contributed by atoms with Crippen molar-refractivity contribution >= 4 is 5.95 Å². The van der Waals surface area contributed by atoms with Gasteiger partial charge in [-0.1, -0.05) is 6.07 Å². The molecule has 0 aromatic carbocycles. The molecule has 0 N–H and O–H groups in total. The van der Waals surface area contributed by atoms with E-state index in [0.717, 1.165) is 11.3 Å². The molecule has 0 unspecified atom stereocenters. The van der Waals surface area contributed by atoms with Crippen molar-refractivity contribution in [3.05, 3.63) is 41.9 Å². The van der Waals surface area contributed by atoms with Crippen LogP contribution in [0.1, 0.15) is 18.2 Å². The molecule has 5 heteroatoms. The van der Waals surface area contributed by atoms with Gasteiger partial charge in [-0.15, -0.1) is 0 Å². The molecule has 0 fully saturated rings. The van der Waals surface area contributed by atoms with E-state index in [1.54, 1.807) is 18.5 Å². The number of nitrogens with zero attached hydrogens (tertiary/aromatic N) is 4. The number of rotatable bonds is 5. The van der Waals surface area contributed by atoms with Crippen molar-refractivity contribution in [2.45, 2.75) is 20.4 Å². The van der Waals surface area contributed by atoms with Gasteiger partial charge in [0.1, 0.15) is 0 Å². The van der Waals surface area contributed by atoms with Crippen LogP contribution in [0.25, 0.3) is 0 Å². The predicted molar refractivity (Wildman–Crippen MR) is 74.3 cm³/mol. The zero-order chi connectivity index (χ0) is 13.7.